The molecule has 0 aliphatic carbocycles. The molecule has 0 atom stereocenters. The summed E-state index contributed by atoms with van der Waals surface area (Å²) in [6.07, 6.45) is 0. The Morgan fingerprint density at radius 1 is 0.619 bits per heavy atom. The van der Waals surface area contributed by atoms with Crippen LogP contribution in [0.15, 0.2) is 0 Å². The predicted molar refractivity (Wildman–Crippen MR) is 93.9 cm³/mol. The zero-order valence-corrected chi connectivity index (χ0v) is 20.4. The fourth-order valence-corrected chi connectivity index (χ4v) is 15.4. The van der Waals surface area contributed by atoms with E-state index in [0.29, 0.717) is 0 Å². The molecule has 0 N–H and O–H groups in total. The van der Waals surface area contributed by atoms with Crippen LogP contribution in [0.25, 0.3) is 0 Å². The van der Waals surface area contributed by atoms with Crippen LogP contribution in [0.3, 0.4) is 0 Å². The molecular formula is C9H27O6Si6. The second kappa shape index (κ2) is 10.8. The molecule has 21 heavy (non-hydrogen) atoms. The topological polar surface area (TPSA) is 55.4 Å². The molecule has 0 aromatic heterocycles. The molecule has 0 saturated carbocycles. The first-order chi connectivity index (χ1) is 9.58. The highest BCUT2D eigenvalue weighted by molar-refractivity contribution is 6.79. The summed E-state index contributed by atoms with van der Waals surface area (Å²) in [5.41, 5.74) is 0. The van der Waals surface area contributed by atoms with E-state index in [0.717, 1.165) is 0 Å². The maximum Gasteiger partial charge on any atom is 0.470 e. The van der Waals surface area contributed by atoms with Crippen LogP contribution in [0.2, 0.25) is 52.4 Å². The van der Waals surface area contributed by atoms with Crippen molar-refractivity contribution in [3.63, 3.8) is 0 Å². The highest BCUT2D eigenvalue weighted by Gasteiger charge is 2.42. The minimum absolute atomic E-state index is 0.795. The maximum atomic E-state index is 6.08. The molecule has 0 saturated heterocycles. The first-order valence-corrected chi connectivity index (χ1v) is 19.1. The van der Waals surface area contributed by atoms with Crippen molar-refractivity contribution in [1.82, 2.24) is 0 Å². The van der Waals surface area contributed by atoms with Crippen LogP contribution < -0.4 is 0 Å². The lowest BCUT2D eigenvalue weighted by Gasteiger charge is -2.32. The van der Waals surface area contributed by atoms with E-state index in [1.165, 1.54) is 0 Å². The van der Waals surface area contributed by atoms with E-state index in [4.69, 9.17) is 25.0 Å². The summed E-state index contributed by atoms with van der Waals surface area (Å²) >= 11 is 0. The first kappa shape index (κ1) is 22.1. The summed E-state index contributed by atoms with van der Waals surface area (Å²) in [7, 11) is -6.90. The van der Waals surface area contributed by atoms with E-state index >= 15 is 0 Å². The van der Waals surface area contributed by atoms with Gasteiger partial charge in [0.25, 0.3) is 0 Å². The van der Waals surface area contributed by atoms with Gasteiger partial charge in [-0.25, -0.2) is 0 Å². The molecule has 0 aromatic carbocycles. The van der Waals surface area contributed by atoms with Gasteiger partial charge in [-0.3, -0.25) is 0 Å². The van der Waals surface area contributed by atoms with E-state index in [-0.39, 0.29) is 0 Å². The van der Waals surface area contributed by atoms with Gasteiger partial charge < -0.3 is 25.0 Å². The van der Waals surface area contributed by atoms with Gasteiger partial charge in [0.05, 0.1) is 0 Å². The molecule has 0 amide bonds. The molecule has 0 bridgehead atoms. The normalized spacial score (nSPS) is 13.4. The summed E-state index contributed by atoms with van der Waals surface area (Å²) in [5.74, 6) is 0. The van der Waals surface area contributed by atoms with E-state index in [1.807, 2.05) is 26.2 Å². The van der Waals surface area contributed by atoms with E-state index in [9.17, 15) is 0 Å². The van der Waals surface area contributed by atoms with Gasteiger partial charge in [0.1, 0.15) is 0 Å². The van der Waals surface area contributed by atoms with Gasteiger partial charge in [-0.15, -0.1) is 0 Å². The van der Waals surface area contributed by atoms with Crippen molar-refractivity contribution >= 4 is 54.7 Å². The van der Waals surface area contributed by atoms with Crippen LogP contribution in [-0.2, 0) is 25.0 Å². The third-order valence-corrected chi connectivity index (χ3v) is 16.0. The van der Waals surface area contributed by atoms with Crippen molar-refractivity contribution in [2.75, 3.05) is 7.11 Å². The largest absolute Gasteiger partial charge is 0.470 e. The lowest BCUT2D eigenvalue weighted by atomic mass is 11.8. The Labute approximate surface area is 139 Å². The predicted octanol–water partition coefficient (Wildman–Crippen LogP) is 2.14. The quantitative estimate of drug-likeness (QED) is 0.496. The Kier molecular flexibility index (Phi) is 11.3. The monoisotopic (exact) mass is 399 g/mol. The van der Waals surface area contributed by atoms with E-state index in [2.05, 4.69) is 26.2 Å². The van der Waals surface area contributed by atoms with Crippen LogP contribution >= 0.6 is 0 Å². The van der Waals surface area contributed by atoms with Crippen molar-refractivity contribution < 1.29 is 25.0 Å². The fourth-order valence-electron chi connectivity index (χ4n) is 1.50. The van der Waals surface area contributed by atoms with Crippen LogP contribution in [0, 0.1) is 0 Å². The molecule has 0 aromatic rings. The summed E-state index contributed by atoms with van der Waals surface area (Å²) < 4.78 is 35.1. The molecular weight excluding hydrogens is 373 g/mol. The molecule has 0 spiro atoms. The maximum absolute atomic E-state index is 6.08. The molecule has 12 heteroatoms. The number of hydrogen-bond donors (Lipinski definition) is 0. The lowest BCUT2D eigenvalue weighted by Crippen LogP contribution is -2.54. The Hall–Kier alpha value is 1.06. The van der Waals surface area contributed by atoms with Crippen molar-refractivity contribution in [3.05, 3.63) is 0 Å². The second-order valence-electron chi connectivity index (χ2n) is 4.87. The molecule has 0 aliphatic rings. The third-order valence-electron chi connectivity index (χ3n) is 1.97. The number of hydrogen-bond acceptors (Lipinski definition) is 6. The van der Waals surface area contributed by atoms with Crippen LogP contribution in [0.5, 0.6) is 0 Å². The van der Waals surface area contributed by atoms with Crippen molar-refractivity contribution in [1.29, 1.82) is 0 Å². The van der Waals surface area contributed by atoms with Gasteiger partial charge in [-0.2, -0.15) is 0 Å². The fraction of sp³-hybridized carbons (Fsp3) is 1.00. The third kappa shape index (κ3) is 11.3. The average Bonchev–Trinajstić information content (AvgIpc) is 2.24. The van der Waals surface area contributed by atoms with Crippen LogP contribution in [0.1, 0.15) is 0 Å². The Morgan fingerprint density at radius 3 is 1.24 bits per heavy atom. The van der Waals surface area contributed by atoms with E-state index < -0.39 is 54.7 Å². The SMILES string of the molecule is CO[Si](C)O[Si](C)(O[Si](C)O[Si](C)C)O[Si](C)O[Si](C)C. The molecule has 0 aliphatic heterocycles. The summed E-state index contributed by atoms with van der Waals surface area (Å²) in [4.78, 5) is 0. The average molecular weight is 400 g/mol. The van der Waals surface area contributed by atoms with Gasteiger partial charge in [0, 0.05) is 13.7 Å². The summed E-state index contributed by atoms with van der Waals surface area (Å²) in [5, 5.41) is 0. The number of rotatable bonds is 11. The molecule has 6 nitrogen and oxygen atoms in total. The van der Waals surface area contributed by atoms with Gasteiger partial charge in [0.15, 0.2) is 18.1 Å². The van der Waals surface area contributed by atoms with Crippen molar-refractivity contribution in [2.45, 2.75) is 52.4 Å². The van der Waals surface area contributed by atoms with Crippen molar-refractivity contribution in [3.8, 4) is 0 Å². The Morgan fingerprint density at radius 2 is 0.952 bits per heavy atom. The van der Waals surface area contributed by atoms with Gasteiger partial charge in [-0.1, -0.05) is 0 Å². The Balaban J connectivity index is 4.74. The lowest BCUT2D eigenvalue weighted by molar-refractivity contribution is 0.212. The Bertz CT molecular complexity index is 265. The standard InChI is InChI=1S/C9H27O6Si6/c1-10-18(6)13-21(9,14-19(7)11-16(2)3)15-20(8)12-17(4)5/h1-9H3. The molecule has 5 radical (unpaired) electrons. The molecule has 0 rings (SSSR count). The molecule has 0 heterocycles. The molecule has 0 unspecified atom stereocenters. The summed E-state index contributed by atoms with van der Waals surface area (Å²) in [6, 6.07) is 0. The van der Waals surface area contributed by atoms with Crippen LogP contribution in [0.4, 0.5) is 0 Å². The zero-order chi connectivity index (χ0) is 16.6. The minimum atomic E-state index is -2.80. The van der Waals surface area contributed by atoms with E-state index in [1.54, 1.807) is 7.11 Å². The minimum Gasteiger partial charge on any atom is -0.436 e. The van der Waals surface area contributed by atoms with Gasteiger partial charge in [-0.05, 0) is 45.8 Å². The smallest absolute Gasteiger partial charge is 0.436 e. The first-order valence-electron chi connectivity index (χ1n) is 6.65. The second-order valence-corrected chi connectivity index (χ2v) is 17.7. The highest BCUT2D eigenvalue weighted by Crippen LogP contribution is 2.16. The molecule has 0 fully saturated rings. The highest BCUT2D eigenvalue weighted by atomic mass is 28.5. The van der Waals surface area contributed by atoms with Gasteiger partial charge >= 0.3 is 36.7 Å². The zero-order valence-electron chi connectivity index (χ0n) is 14.4. The van der Waals surface area contributed by atoms with Gasteiger partial charge in [0.2, 0.25) is 0 Å². The molecule has 123 valence electrons. The summed E-state index contributed by atoms with van der Waals surface area (Å²) in [6.45, 7) is 16.2. The van der Waals surface area contributed by atoms with Crippen LogP contribution in [-0.4, -0.2) is 61.8 Å². The van der Waals surface area contributed by atoms with Crippen molar-refractivity contribution in [2.24, 2.45) is 0 Å².